The molecule has 0 saturated heterocycles. The highest BCUT2D eigenvalue weighted by Crippen LogP contribution is 2.51. The highest BCUT2D eigenvalue weighted by molar-refractivity contribution is 7.71. The van der Waals surface area contributed by atoms with Crippen LogP contribution in [0.1, 0.15) is 37.3 Å². The van der Waals surface area contributed by atoms with Crippen molar-refractivity contribution in [3.05, 3.63) is 22.6 Å². The summed E-state index contributed by atoms with van der Waals surface area (Å²) in [5.74, 6) is 1.75. The summed E-state index contributed by atoms with van der Waals surface area (Å²) in [4.78, 5) is 7.91. The molecule has 18 heavy (non-hydrogen) atoms. The fourth-order valence-electron chi connectivity index (χ4n) is 3.95. The van der Waals surface area contributed by atoms with Crippen molar-refractivity contribution < 1.29 is 0 Å². The number of rotatable bonds is 1. The van der Waals surface area contributed by atoms with Crippen LogP contribution >= 0.6 is 12.2 Å². The van der Waals surface area contributed by atoms with E-state index < -0.39 is 0 Å². The van der Waals surface area contributed by atoms with Gasteiger partial charge in [-0.1, -0.05) is 6.42 Å². The Morgan fingerprint density at radius 3 is 3.00 bits per heavy atom. The summed E-state index contributed by atoms with van der Waals surface area (Å²) in [5.41, 5.74) is 3.31. The van der Waals surface area contributed by atoms with Crippen molar-refractivity contribution in [3.63, 3.8) is 0 Å². The highest BCUT2D eigenvalue weighted by atomic mass is 32.1. The van der Waals surface area contributed by atoms with Gasteiger partial charge in [0.2, 0.25) is 0 Å². The molecule has 2 aliphatic carbocycles. The molecule has 3 atom stereocenters. The quantitative estimate of drug-likeness (QED) is 0.791. The van der Waals surface area contributed by atoms with E-state index in [1.165, 1.54) is 31.2 Å². The Kier molecular flexibility index (Phi) is 2.19. The molecule has 2 aromatic rings. The third kappa shape index (κ3) is 1.41. The Morgan fingerprint density at radius 1 is 1.39 bits per heavy atom. The van der Waals surface area contributed by atoms with Crippen LogP contribution in [0.25, 0.3) is 11.2 Å². The van der Waals surface area contributed by atoms with Gasteiger partial charge in [-0.25, -0.2) is 4.98 Å². The standard InChI is InChI=1S/C14H17N3S/c1-8-4-11-13(15-7-8)17(14(18)16-11)12-6-9-2-3-10(12)5-9/h4,7,9-10,12H,2-3,5-6H2,1H3,(H,16,18). The first kappa shape index (κ1) is 10.7. The van der Waals surface area contributed by atoms with Gasteiger partial charge in [0.15, 0.2) is 10.4 Å². The Labute approximate surface area is 111 Å². The first-order valence-electron chi connectivity index (χ1n) is 6.79. The number of H-pyrrole nitrogens is 1. The number of pyridine rings is 1. The third-order valence-electron chi connectivity index (χ3n) is 4.72. The highest BCUT2D eigenvalue weighted by Gasteiger charge is 2.41. The lowest BCUT2D eigenvalue weighted by Gasteiger charge is -2.23. The molecule has 4 heteroatoms. The fourth-order valence-corrected chi connectivity index (χ4v) is 4.28. The molecule has 3 unspecified atom stereocenters. The van der Waals surface area contributed by atoms with Crippen LogP contribution in [-0.2, 0) is 0 Å². The molecule has 3 nitrogen and oxygen atoms in total. The number of hydrogen-bond acceptors (Lipinski definition) is 2. The maximum Gasteiger partial charge on any atom is 0.179 e. The SMILES string of the molecule is Cc1cnc2c(c1)[nH]c(=S)n2C1CC2CCC1C2. The molecule has 2 aromatic heterocycles. The average Bonchev–Trinajstić information content (AvgIpc) is 3.00. The van der Waals surface area contributed by atoms with Crippen molar-refractivity contribution in [3.8, 4) is 0 Å². The number of hydrogen-bond donors (Lipinski definition) is 1. The molecule has 4 rings (SSSR count). The molecule has 2 fully saturated rings. The van der Waals surface area contributed by atoms with Crippen molar-refractivity contribution in [2.45, 2.75) is 38.6 Å². The first-order valence-corrected chi connectivity index (χ1v) is 7.20. The molecule has 2 bridgehead atoms. The molecular formula is C14H17N3S. The molecule has 2 aliphatic rings. The molecule has 0 aliphatic heterocycles. The number of aromatic nitrogens is 3. The minimum atomic E-state index is 0.584. The zero-order valence-electron chi connectivity index (χ0n) is 10.5. The predicted molar refractivity (Wildman–Crippen MR) is 74.1 cm³/mol. The van der Waals surface area contributed by atoms with E-state index in [1.807, 2.05) is 6.20 Å². The number of aryl methyl sites for hydroxylation is 1. The zero-order chi connectivity index (χ0) is 12.3. The number of nitrogens with one attached hydrogen (secondary N) is 1. The van der Waals surface area contributed by atoms with Gasteiger partial charge in [0.25, 0.3) is 0 Å². The maximum atomic E-state index is 5.52. The zero-order valence-corrected chi connectivity index (χ0v) is 11.3. The van der Waals surface area contributed by atoms with Gasteiger partial charge in [-0.15, -0.1) is 0 Å². The number of fused-ring (bicyclic) bond motifs is 3. The Balaban J connectivity index is 1.90. The lowest BCUT2D eigenvalue weighted by Crippen LogP contribution is -2.16. The van der Waals surface area contributed by atoms with E-state index in [9.17, 15) is 0 Å². The van der Waals surface area contributed by atoms with Crippen LogP contribution in [0.4, 0.5) is 0 Å². The van der Waals surface area contributed by atoms with Crippen molar-refractivity contribution in [1.29, 1.82) is 0 Å². The molecule has 94 valence electrons. The predicted octanol–water partition coefficient (Wildman–Crippen LogP) is 3.76. The summed E-state index contributed by atoms with van der Waals surface area (Å²) >= 11 is 5.52. The lowest BCUT2D eigenvalue weighted by atomic mass is 9.95. The van der Waals surface area contributed by atoms with Crippen LogP contribution in [0.15, 0.2) is 12.3 Å². The molecular weight excluding hydrogens is 242 g/mol. The molecule has 1 N–H and O–H groups in total. The topological polar surface area (TPSA) is 33.6 Å². The first-order chi connectivity index (χ1) is 8.72. The van der Waals surface area contributed by atoms with E-state index in [-0.39, 0.29) is 0 Å². The minimum absolute atomic E-state index is 0.584. The van der Waals surface area contributed by atoms with Crippen molar-refractivity contribution in [1.82, 2.24) is 14.5 Å². The Bertz CT molecular complexity index is 669. The van der Waals surface area contributed by atoms with Crippen LogP contribution in [0.5, 0.6) is 0 Å². The molecule has 0 radical (unpaired) electrons. The molecule has 0 aromatic carbocycles. The maximum absolute atomic E-state index is 5.52. The van der Waals surface area contributed by atoms with E-state index in [0.717, 1.165) is 27.8 Å². The van der Waals surface area contributed by atoms with Gasteiger partial charge < -0.3 is 4.98 Å². The van der Waals surface area contributed by atoms with Crippen LogP contribution in [0, 0.1) is 23.5 Å². The largest absolute Gasteiger partial charge is 0.329 e. The van der Waals surface area contributed by atoms with Gasteiger partial charge in [0, 0.05) is 12.2 Å². The van der Waals surface area contributed by atoms with Gasteiger partial charge in [-0.3, -0.25) is 4.57 Å². The minimum Gasteiger partial charge on any atom is -0.329 e. The van der Waals surface area contributed by atoms with Gasteiger partial charge in [0.1, 0.15) is 0 Å². The molecule has 0 spiro atoms. The normalized spacial score (nSPS) is 30.4. The van der Waals surface area contributed by atoms with E-state index in [1.54, 1.807) is 0 Å². The van der Waals surface area contributed by atoms with Crippen LogP contribution in [-0.4, -0.2) is 14.5 Å². The molecule has 0 amide bonds. The van der Waals surface area contributed by atoms with E-state index in [0.29, 0.717) is 6.04 Å². The van der Waals surface area contributed by atoms with E-state index in [2.05, 4.69) is 27.5 Å². The second-order valence-electron chi connectivity index (χ2n) is 5.93. The summed E-state index contributed by atoms with van der Waals surface area (Å²) in [6, 6.07) is 2.72. The van der Waals surface area contributed by atoms with E-state index in [4.69, 9.17) is 12.2 Å². The van der Waals surface area contributed by atoms with Crippen molar-refractivity contribution in [2.75, 3.05) is 0 Å². The lowest BCUT2D eigenvalue weighted by molar-refractivity contribution is 0.332. The number of nitrogens with zero attached hydrogens (tertiary/aromatic N) is 2. The van der Waals surface area contributed by atoms with Crippen LogP contribution in [0.3, 0.4) is 0 Å². The fraction of sp³-hybridized carbons (Fsp3) is 0.571. The summed E-state index contributed by atoms with van der Waals surface area (Å²) in [7, 11) is 0. The van der Waals surface area contributed by atoms with Crippen molar-refractivity contribution in [2.24, 2.45) is 11.8 Å². The third-order valence-corrected chi connectivity index (χ3v) is 5.02. The second kappa shape index (κ2) is 3.67. The second-order valence-corrected chi connectivity index (χ2v) is 6.31. The summed E-state index contributed by atoms with van der Waals surface area (Å²) < 4.78 is 3.13. The average molecular weight is 259 g/mol. The summed E-state index contributed by atoms with van der Waals surface area (Å²) in [6.07, 6.45) is 7.42. The summed E-state index contributed by atoms with van der Waals surface area (Å²) in [5, 5.41) is 0. The van der Waals surface area contributed by atoms with Crippen LogP contribution < -0.4 is 0 Å². The van der Waals surface area contributed by atoms with Crippen LogP contribution in [0.2, 0.25) is 0 Å². The summed E-state index contributed by atoms with van der Waals surface area (Å²) in [6.45, 7) is 2.07. The van der Waals surface area contributed by atoms with Crippen molar-refractivity contribution >= 4 is 23.4 Å². The number of aromatic amines is 1. The van der Waals surface area contributed by atoms with Gasteiger partial charge >= 0.3 is 0 Å². The Hall–Kier alpha value is -1.16. The molecule has 2 saturated carbocycles. The monoisotopic (exact) mass is 259 g/mol. The molecule has 2 heterocycles. The smallest absolute Gasteiger partial charge is 0.179 e. The van der Waals surface area contributed by atoms with Gasteiger partial charge in [-0.2, -0.15) is 0 Å². The van der Waals surface area contributed by atoms with Gasteiger partial charge in [0.05, 0.1) is 5.52 Å². The van der Waals surface area contributed by atoms with E-state index >= 15 is 0 Å². The van der Waals surface area contributed by atoms with Gasteiger partial charge in [-0.05, 0) is 61.9 Å². The number of imidazole rings is 1. The Morgan fingerprint density at radius 2 is 2.28 bits per heavy atom.